The van der Waals surface area contributed by atoms with Gasteiger partial charge in [0.2, 0.25) is 11.8 Å². The van der Waals surface area contributed by atoms with E-state index in [-0.39, 0.29) is 11.8 Å². The van der Waals surface area contributed by atoms with Gasteiger partial charge in [-0.25, -0.2) is 0 Å². The molecular formula is C11H11N3O2S. The minimum absolute atomic E-state index is 0.219. The van der Waals surface area contributed by atoms with E-state index in [1.54, 1.807) is 11.8 Å². The van der Waals surface area contributed by atoms with Gasteiger partial charge in [-0.2, -0.15) is 4.98 Å². The zero-order chi connectivity index (χ0) is 12.3. The number of aromatic amines is 1. The summed E-state index contributed by atoms with van der Waals surface area (Å²) in [4.78, 5) is 18.5. The summed E-state index contributed by atoms with van der Waals surface area (Å²) in [5.41, 5.74) is 0.426. The first-order valence-electron chi connectivity index (χ1n) is 4.89. The second kappa shape index (κ2) is 4.92. The lowest BCUT2D eigenvalue weighted by Crippen LogP contribution is -2.09. The summed E-state index contributed by atoms with van der Waals surface area (Å²) in [6.07, 6.45) is 1.96. The van der Waals surface area contributed by atoms with E-state index in [9.17, 15) is 9.90 Å². The predicted octanol–water partition coefficient (Wildman–Crippen LogP) is 1.94. The van der Waals surface area contributed by atoms with Gasteiger partial charge in [-0.15, -0.1) is 11.8 Å². The number of nitrogens with one attached hydrogen (secondary N) is 2. The lowest BCUT2D eigenvalue weighted by atomic mass is 10.3. The van der Waals surface area contributed by atoms with Crippen molar-refractivity contribution in [1.29, 1.82) is 0 Å². The molecule has 17 heavy (non-hydrogen) atoms. The largest absolute Gasteiger partial charge is 0.493 e. The van der Waals surface area contributed by atoms with E-state index in [1.807, 2.05) is 30.5 Å². The molecule has 5 nitrogen and oxygen atoms in total. The van der Waals surface area contributed by atoms with E-state index in [0.717, 1.165) is 16.6 Å². The van der Waals surface area contributed by atoms with E-state index in [1.165, 1.54) is 0 Å². The van der Waals surface area contributed by atoms with Gasteiger partial charge in [0.15, 0.2) is 0 Å². The first-order valence-corrected chi connectivity index (χ1v) is 6.12. The molecule has 0 aliphatic carbocycles. The first-order chi connectivity index (χ1) is 8.19. The Bertz CT molecular complexity index is 583. The highest BCUT2D eigenvalue weighted by Crippen LogP contribution is 2.26. The number of aromatic hydroxyl groups is 1. The molecule has 2 aromatic rings. The molecule has 0 spiro atoms. The van der Waals surface area contributed by atoms with Crippen molar-refractivity contribution in [2.24, 2.45) is 0 Å². The monoisotopic (exact) mass is 249 g/mol. The maximum atomic E-state index is 11.2. The van der Waals surface area contributed by atoms with Gasteiger partial charge in [0.25, 0.3) is 5.56 Å². The number of para-hydroxylation sites is 1. The van der Waals surface area contributed by atoms with Crippen LogP contribution in [0.15, 0.2) is 40.0 Å². The number of H-pyrrole nitrogens is 1. The molecule has 0 fully saturated rings. The van der Waals surface area contributed by atoms with Crippen LogP contribution in [0.5, 0.6) is 5.88 Å². The first kappa shape index (κ1) is 11.5. The van der Waals surface area contributed by atoms with Gasteiger partial charge in [-0.3, -0.25) is 9.78 Å². The van der Waals surface area contributed by atoms with Crippen LogP contribution in [0.1, 0.15) is 0 Å². The van der Waals surface area contributed by atoms with Gasteiger partial charge in [0, 0.05) is 4.90 Å². The highest BCUT2D eigenvalue weighted by atomic mass is 32.2. The summed E-state index contributed by atoms with van der Waals surface area (Å²) in [5, 5.41) is 12.2. The standard InChI is InChI=1S/C11H11N3O2S/c1-17-8-5-3-2-4-7(8)12-11-13-9(15)6-10(16)14-11/h2-6H,1H3,(H3,12,13,14,15,16). The van der Waals surface area contributed by atoms with Crippen molar-refractivity contribution in [2.75, 3.05) is 11.6 Å². The van der Waals surface area contributed by atoms with Crippen LogP contribution in [-0.2, 0) is 0 Å². The minimum Gasteiger partial charge on any atom is -0.493 e. The van der Waals surface area contributed by atoms with Crippen LogP contribution >= 0.6 is 11.8 Å². The number of hydrogen-bond donors (Lipinski definition) is 3. The van der Waals surface area contributed by atoms with Gasteiger partial charge in [0.1, 0.15) is 0 Å². The van der Waals surface area contributed by atoms with Crippen molar-refractivity contribution in [1.82, 2.24) is 9.97 Å². The summed E-state index contributed by atoms with van der Waals surface area (Å²) >= 11 is 1.58. The van der Waals surface area contributed by atoms with Crippen molar-refractivity contribution < 1.29 is 5.11 Å². The molecule has 0 saturated heterocycles. The second-order valence-electron chi connectivity index (χ2n) is 3.28. The molecule has 0 aliphatic rings. The Balaban J connectivity index is 2.34. The van der Waals surface area contributed by atoms with Crippen LogP contribution in [-0.4, -0.2) is 21.3 Å². The molecule has 1 aromatic carbocycles. The molecule has 0 amide bonds. The van der Waals surface area contributed by atoms with Gasteiger partial charge >= 0.3 is 0 Å². The Morgan fingerprint density at radius 2 is 2.18 bits per heavy atom. The molecule has 0 bridgehead atoms. The summed E-state index contributed by atoms with van der Waals surface area (Å²) in [5.74, 6) is -0.0885. The number of anilines is 2. The summed E-state index contributed by atoms with van der Waals surface area (Å²) in [6.45, 7) is 0. The van der Waals surface area contributed by atoms with E-state index in [2.05, 4.69) is 15.3 Å². The molecule has 2 rings (SSSR count). The smallest absolute Gasteiger partial charge is 0.256 e. The van der Waals surface area contributed by atoms with Crippen molar-refractivity contribution in [3.8, 4) is 5.88 Å². The SMILES string of the molecule is CSc1ccccc1Nc1nc(O)cc(=O)[nH]1. The highest BCUT2D eigenvalue weighted by molar-refractivity contribution is 7.98. The number of benzene rings is 1. The average Bonchev–Trinajstić information content (AvgIpc) is 2.28. The molecular weight excluding hydrogens is 238 g/mol. The zero-order valence-electron chi connectivity index (χ0n) is 9.10. The van der Waals surface area contributed by atoms with Crippen LogP contribution in [0, 0.1) is 0 Å². The summed E-state index contributed by atoms with van der Waals surface area (Å²) < 4.78 is 0. The maximum Gasteiger partial charge on any atom is 0.256 e. The fraction of sp³-hybridized carbons (Fsp3) is 0.0909. The maximum absolute atomic E-state index is 11.2. The highest BCUT2D eigenvalue weighted by Gasteiger charge is 2.03. The lowest BCUT2D eigenvalue weighted by Gasteiger charge is -2.08. The van der Waals surface area contributed by atoms with Gasteiger partial charge < -0.3 is 10.4 Å². The Morgan fingerprint density at radius 1 is 1.41 bits per heavy atom. The van der Waals surface area contributed by atoms with Crippen LogP contribution in [0.3, 0.4) is 0 Å². The third kappa shape index (κ3) is 2.79. The fourth-order valence-electron chi connectivity index (χ4n) is 1.38. The third-order valence-corrected chi connectivity index (χ3v) is 2.88. The number of aromatic nitrogens is 2. The number of nitrogens with zero attached hydrogens (tertiary/aromatic N) is 1. The van der Waals surface area contributed by atoms with Crippen LogP contribution < -0.4 is 10.9 Å². The molecule has 3 N–H and O–H groups in total. The Kier molecular flexibility index (Phi) is 3.34. The fourth-order valence-corrected chi connectivity index (χ4v) is 1.93. The van der Waals surface area contributed by atoms with Crippen LogP contribution in [0.4, 0.5) is 11.6 Å². The van der Waals surface area contributed by atoms with Crippen molar-refractivity contribution in [3.05, 3.63) is 40.7 Å². The summed E-state index contributed by atoms with van der Waals surface area (Å²) in [7, 11) is 0. The van der Waals surface area contributed by atoms with E-state index in [0.29, 0.717) is 0 Å². The zero-order valence-corrected chi connectivity index (χ0v) is 9.91. The number of hydrogen-bond acceptors (Lipinski definition) is 5. The van der Waals surface area contributed by atoms with Crippen molar-refractivity contribution in [2.45, 2.75) is 4.90 Å². The molecule has 0 atom stereocenters. The van der Waals surface area contributed by atoms with Crippen LogP contribution in [0.2, 0.25) is 0 Å². The third-order valence-electron chi connectivity index (χ3n) is 2.09. The Hall–Kier alpha value is -1.95. The minimum atomic E-state index is -0.401. The molecule has 0 aliphatic heterocycles. The summed E-state index contributed by atoms with van der Waals surface area (Å²) in [6, 6.07) is 8.65. The Morgan fingerprint density at radius 3 is 2.88 bits per heavy atom. The molecule has 1 heterocycles. The number of thioether (sulfide) groups is 1. The topological polar surface area (TPSA) is 78.0 Å². The quantitative estimate of drug-likeness (QED) is 0.725. The lowest BCUT2D eigenvalue weighted by molar-refractivity contribution is 0.452. The van der Waals surface area contributed by atoms with Crippen molar-refractivity contribution in [3.63, 3.8) is 0 Å². The molecule has 0 radical (unpaired) electrons. The molecule has 0 unspecified atom stereocenters. The second-order valence-corrected chi connectivity index (χ2v) is 4.13. The molecule has 88 valence electrons. The van der Waals surface area contributed by atoms with E-state index in [4.69, 9.17) is 0 Å². The van der Waals surface area contributed by atoms with E-state index < -0.39 is 5.56 Å². The van der Waals surface area contributed by atoms with Gasteiger partial charge in [-0.05, 0) is 18.4 Å². The average molecular weight is 249 g/mol. The number of rotatable bonds is 3. The van der Waals surface area contributed by atoms with Gasteiger partial charge in [0.05, 0.1) is 11.8 Å². The van der Waals surface area contributed by atoms with E-state index >= 15 is 0 Å². The van der Waals surface area contributed by atoms with Crippen LogP contribution in [0.25, 0.3) is 0 Å². The van der Waals surface area contributed by atoms with Gasteiger partial charge in [-0.1, -0.05) is 12.1 Å². The Labute approximate surface area is 102 Å². The molecule has 1 aromatic heterocycles. The molecule has 0 saturated carbocycles. The van der Waals surface area contributed by atoms with Crippen molar-refractivity contribution >= 4 is 23.4 Å². The predicted molar refractivity (Wildman–Crippen MR) is 68.0 cm³/mol. The molecule has 6 heteroatoms. The normalized spacial score (nSPS) is 10.2.